The topological polar surface area (TPSA) is 119 Å². The van der Waals surface area contributed by atoms with Crippen molar-refractivity contribution in [2.45, 2.75) is 64.5 Å². The molecule has 212 valence electrons. The summed E-state index contributed by atoms with van der Waals surface area (Å²) in [6.45, 7) is 9.47. The Morgan fingerprint density at radius 1 is 1.10 bits per heavy atom. The van der Waals surface area contributed by atoms with Crippen molar-refractivity contribution in [1.82, 2.24) is 15.8 Å². The van der Waals surface area contributed by atoms with Crippen molar-refractivity contribution < 1.29 is 37.0 Å². The van der Waals surface area contributed by atoms with Crippen LogP contribution in [0, 0.1) is 6.92 Å². The van der Waals surface area contributed by atoms with Gasteiger partial charge in [-0.3, -0.25) is 25.8 Å². The molecule has 1 atom stereocenters. The molecule has 13 heteroatoms. The summed E-state index contributed by atoms with van der Waals surface area (Å²) in [5.74, 6) is -2.74. The van der Waals surface area contributed by atoms with Gasteiger partial charge >= 0.3 is 12.3 Å². The first-order valence-electron chi connectivity index (χ1n) is 11.7. The van der Waals surface area contributed by atoms with Crippen LogP contribution in [0.25, 0.3) is 0 Å². The van der Waals surface area contributed by atoms with Crippen molar-refractivity contribution in [3.05, 3.63) is 70.5 Å². The van der Waals surface area contributed by atoms with Gasteiger partial charge in [-0.05, 0) is 73.7 Å². The lowest BCUT2D eigenvalue weighted by atomic mass is 9.95. The number of alkyl halides is 3. The maximum Gasteiger partial charge on any atom is 0.426 e. The lowest BCUT2D eigenvalue weighted by molar-refractivity contribution is -0.273. The highest BCUT2D eigenvalue weighted by Gasteiger charge is 2.61. The third-order valence-corrected chi connectivity index (χ3v) is 5.95. The molecule has 0 radical (unpaired) electrons. The zero-order valence-electron chi connectivity index (χ0n) is 21.9. The maximum atomic E-state index is 14.3. The first kappa shape index (κ1) is 31.8. The second-order valence-electron chi connectivity index (χ2n) is 9.45. The highest BCUT2D eigenvalue weighted by Crippen LogP contribution is 2.38. The van der Waals surface area contributed by atoms with E-state index in [9.17, 15) is 27.6 Å². The molecule has 1 aromatic heterocycles. The lowest BCUT2D eigenvalue weighted by Crippen LogP contribution is -2.61. The van der Waals surface area contributed by atoms with E-state index in [0.717, 1.165) is 0 Å². The summed E-state index contributed by atoms with van der Waals surface area (Å²) in [6, 6.07) is 9.43. The molecule has 0 bridgehead atoms. The average Bonchev–Trinajstić information content (AvgIpc) is 2.83. The molecule has 0 aliphatic heterocycles. The summed E-state index contributed by atoms with van der Waals surface area (Å²) in [7, 11) is 0. The standard InChI is InChI=1S/C26H30BrF3N4O5/c1-6-7-13-25(26(28,29)30,38-15-17-11-9-8-10-12-17)22(36)34-33-21(35)19-18(14-16(2)20(27)32-19)31-23(37)39-24(3,4)5/h6,8-12,14H,1,7,13,15H2,2-5H3,(H,31,37)(H,33,35)(H,34,36). The number of allylic oxidation sites excluding steroid dienone is 1. The van der Waals surface area contributed by atoms with Crippen LogP contribution in [0.4, 0.5) is 23.7 Å². The predicted molar refractivity (Wildman–Crippen MR) is 142 cm³/mol. The highest BCUT2D eigenvalue weighted by atomic mass is 79.9. The molecule has 0 saturated heterocycles. The lowest BCUT2D eigenvalue weighted by Gasteiger charge is -2.34. The highest BCUT2D eigenvalue weighted by molar-refractivity contribution is 9.10. The number of carbonyl (C=O) groups excluding carboxylic acids is 3. The van der Waals surface area contributed by atoms with E-state index in [-0.39, 0.29) is 16.7 Å². The summed E-state index contributed by atoms with van der Waals surface area (Å²) in [5.41, 5.74) is 0.0647. The van der Waals surface area contributed by atoms with Crippen LogP contribution in [0.2, 0.25) is 0 Å². The monoisotopic (exact) mass is 614 g/mol. The Morgan fingerprint density at radius 3 is 2.31 bits per heavy atom. The molecule has 0 saturated carbocycles. The fourth-order valence-electron chi connectivity index (χ4n) is 3.24. The van der Waals surface area contributed by atoms with Crippen molar-refractivity contribution in [2.24, 2.45) is 0 Å². The molecular weight excluding hydrogens is 585 g/mol. The van der Waals surface area contributed by atoms with Crippen LogP contribution in [-0.4, -0.2) is 40.3 Å². The van der Waals surface area contributed by atoms with Gasteiger partial charge in [-0.25, -0.2) is 9.78 Å². The van der Waals surface area contributed by atoms with Gasteiger partial charge in [0.05, 0.1) is 12.3 Å². The summed E-state index contributed by atoms with van der Waals surface area (Å²) in [6.07, 6.45) is -5.80. The number of carbonyl (C=O) groups is 3. The van der Waals surface area contributed by atoms with Gasteiger partial charge < -0.3 is 9.47 Å². The van der Waals surface area contributed by atoms with Crippen molar-refractivity contribution in [1.29, 1.82) is 0 Å². The SMILES string of the molecule is C=CCCC(OCc1ccccc1)(C(=O)NNC(=O)c1nc(Br)c(C)cc1NC(=O)OC(C)(C)C)C(F)(F)F. The number of nitrogens with one attached hydrogen (secondary N) is 3. The first-order chi connectivity index (χ1) is 18.1. The molecule has 0 fully saturated rings. The van der Waals surface area contributed by atoms with Crippen molar-refractivity contribution in [2.75, 3.05) is 5.32 Å². The summed E-state index contributed by atoms with van der Waals surface area (Å²) >= 11 is 3.17. The van der Waals surface area contributed by atoms with Crippen molar-refractivity contribution in [3.63, 3.8) is 0 Å². The molecule has 9 nitrogen and oxygen atoms in total. The van der Waals surface area contributed by atoms with Crippen LogP contribution in [-0.2, 0) is 20.9 Å². The maximum absolute atomic E-state index is 14.3. The smallest absolute Gasteiger partial charge is 0.426 e. The number of nitrogens with zero attached hydrogens (tertiary/aromatic N) is 1. The first-order valence-corrected chi connectivity index (χ1v) is 12.5. The molecule has 0 aliphatic rings. The average molecular weight is 615 g/mol. The van der Waals surface area contributed by atoms with E-state index in [0.29, 0.717) is 11.1 Å². The van der Waals surface area contributed by atoms with Gasteiger partial charge in [-0.2, -0.15) is 13.2 Å². The van der Waals surface area contributed by atoms with Gasteiger partial charge in [0, 0.05) is 0 Å². The summed E-state index contributed by atoms with van der Waals surface area (Å²) < 4.78 is 53.6. The normalized spacial score (nSPS) is 13.1. The number of rotatable bonds is 9. The Kier molecular flexibility index (Phi) is 10.6. The molecule has 1 heterocycles. The molecule has 0 aliphatic carbocycles. The van der Waals surface area contributed by atoms with E-state index in [2.05, 4.69) is 32.8 Å². The number of ether oxygens (including phenoxy) is 2. The zero-order valence-corrected chi connectivity index (χ0v) is 23.5. The number of hydrogen-bond donors (Lipinski definition) is 3. The molecule has 1 aromatic carbocycles. The van der Waals surface area contributed by atoms with Crippen molar-refractivity contribution in [3.8, 4) is 0 Å². The molecular formula is C26H30BrF3N4O5. The van der Waals surface area contributed by atoms with Gasteiger partial charge in [-0.15, -0.1) is 6.58 Å². The van der Waals surface area contributed by atoms with Gasteiger partial charge in [-0.1, -0.05) is 36.4 Å². The number of aryl methyl sites for hydroxylation is 1. The van der Waals surface area contributed by atoms with Gasteiger partial charge in [0.25, 0.3) is 11.8 Å². The van der Waals surface area contributed by atoms with Crippen LogP contribution in [0.5, 0.6) is 0 Å². The van der Waals surface area contributed by atoms with Gasteiger partial charge in [0.15, 0.2) is 5.69 Å². The Balaban J connectivity index is 2.31. The number of amides is 3. The van der Waals surface area contributed by atoms with Crippen LogP contribution in [0.15, 0.2) is 53.7 Å². The molecule has 3 N–H and O–H groups in total. The Bertz CT molecular complexity index is 1200. The summed E-state index contributed by atoms with van der Waals surface area (Å²) in [5, 5.41) is 2.39. The number of aromatic nitrogens is 1. The van der Waals surface area contributed by atoms with Crippen LogP contribution in [0.3, 0.4) is 0 Å². The molecule has 39 heavy (non-hydrogen) atoms. The van der Waals surface area contributed by atoms with Crippen LogP contribution in [0.1, 0.15) is 55.2 Å². The fourth-order valence-corrected chi connectivity index (χ4v) is 3.53. The number of pyridine rings is 1. The minimum Gasteiger partial charge on any atom is -0.444 e. The van der Waals surface area contributed by atoms with E-state index in [1.807, 2.05) is 10.9 Å². The Morgan fingerprint density at radius 2 is 1.74 bits per heavy atom. The largest absolute Gasteiger partial charge is 0.444 e. The van der Waals surface area contributed by atoms with Gasteiger partial charge in [0.1, 0.15) is 10.2 Å². The fraction of sp³-hybridized carbons (Fsp3) is 0.385. The second-order valence-corrected chi connectivity index (χ2v) is 10.2. The zero-order chi connectivity index (χ0) is 29.4. The number of benzene rings is 1. The van der Waals surface area contributed by atoms with E-state index in [4.69, 9.17) is 9.47 Å². The minimum atomic E-state index is -5.14. The predicted octanol–water partition coefficient (Wildman–Crippen LogP) is 5.74. The van der Waals surface area contributed by atoms with E-state index in [1.54, 1.807) is 58.0 Å². The molecule has 0 spiro atoms. The van der Waals surface area contributed by atoms with E-state index in [1.165, 1.54) is 12.1 Å². The number of hydrogen-bond acceptors (Lipinski definition) is 6. The number of anilines is 1. The molecule has 3 amide bonds. The van der Waals surface area contributed by atoms with E-state index < -0.39 is 54.0 Å². The Labute approximate surface area is 232 Å². The minimum absolute atomic E-state index is 0.0919. The Hall–Kier alpha value is -3.45. The van der Waals surface area contributed by atoms with E-state index >= 15 is 0 Å². The molecule has 1 unspecified atom stereocenters. The second kappa shape index (κ2) is 13.1. The van der Waals surface area contributed by atoms with Gasteiger partial charge in [0.2, 0.25) is 5.60 Å². The molecule has 2 aromatic rings. The molecule has 2 rings (SSSR count). The quantitative estimate of drug-likeness (QED) is 0.188. The summed E-state index contributed by atoms with van der Waals surface area (Å²) in [4.78, 5) is 42.2. The third-order valence-electron chi connectivity index (χ3n) is 5.14. The number of halogens is 4. The van der Waals surface area contributed by atoms with Crippen LogP contribution < -0.4 is 16.2 Å². The van der Waals surface area contributed by atoms with Crippen molar-refractivity contribution >= 4 is 39.5 Å². The van der Waals surface area contributed by atoms with Crippen LogP contribution >= 0.6 is 15.9 Å². The number of hydrazine groups is 1. The third kappa shape index (κ3) is 8.79.